The van der Waals surface area contributed by atoms with Crippen LogP contribution in [0.15, 0.2) is 41.5 Å². The third-order valence-electron chi connectivity index (χ3n) is 2.77. The zero-order chi connectivity index (χ0) is 16.1. The number of hydrazone groups is 1. The molecule has 0 fully saturated rings. The van der Waals surface area contributed by atoms with Gasteiger partial charge in [0.15, 0.2) is 0 Å². The van der Waals surface area contributed by atoms with Crippen molar-refractivity contribution in [2.45, 2.75) is 0 Å². The van der Waals surface area contributed by atoms with Crippen molar-refractivity contribution in [3.05, 3.63) is 54.7 Å². The van der Waals surface area contributed by atoms with Crippen molar-refractivity contribution in [1.82, 2.24) is 5.43 Å². The minimum atomic E-state index is -0.304. The molecule has 114 valence electrons. The minimum Gasteiger partial charge on any atom is -0.506 e. The van der Waals surface area contributed by atoms with Gasteiger partial charge in [0, 0.05) is 5.56 Å². The van der Waals surface area contributed by atoms with Gasteiger partial charge in [-0.25, -0.2) is 5.43 Å². The third kappa shape index (κ3) is 4.32. The highest BCUT2D eigenvalue weighted by Crippen LogP contribution is 2.26. The Morgan fingerprint density at radius 3 is 2.36 bits per heavy atom. The van der Waals surface area contributed by atoms with E-state index in [9.17, 15) is 9.90 Å². The first-order valence-corrected chi connectivity index (χ1v) is 8.32. The van der Waals surface area contributed by atoms with Crippen LogP contribution in [0, 0.1) is 7.14 Å². The highest BCUT2D eigenvalue weighted by molar-refractivity contribution is 14.1. The third-order valence-corrected chi connectivity index (χ3v) is 4.42. The minimum absolute atomic E-state index is 0.251. The highest BCUT2D eigenvalue weighted by atomic mass is 127. The van der Waals surface area contributed by atoms with E-state index in [1.54, 1.807) is 43.5 Å². The lowest BCUT2D eigenvalue weighted by Crippen LogP contribution is -2.17. The first-order valence-electron chi connectivity index (χ1n) is 6.16. The van der Waals surface area contributed by atoms with E-state index in [1.165, 1.54) is 6.21 Å². The maximum atomic E-state index is 11.9. The number of carbonyl (C=O) groups excluding carboxylic acids is 1. The number of nitrogens with zero attached hydrogens (tertiary/aromatic N) is 1. The van der Waals surface area contributed by atoms with Crippen LogP contribution in [0.2, 0.25) is 0 Å². The fraction of sp³-hybridized carbons (Fsp3) is 0.0667. The van der Waals surface area contributed by atoms with E-state index in [4.69, 9.17) is 4.74 Å². The van der Waals surface area contributed by atoms with E-state index in [0.29, 0.717) is 11.3 Å². The second-order valence-corrected chi connectivity index (χ2v) is 6.59. The van der Waals surface area contributed by atoms with Gasteiger partial charge in [0.25, 0.3) is 5.91 Å². The zero-order valence-corrected chi connectivity index (χ0v) is 15.8. The second-order valence-electron chi connectivity index (χ2n) is 4.26. The van der Waals surface area contributed by atoms with Crippen molar-refractivity contribution >= 4 is 57.3 Å². The number of phenols is 1. The number of hydrogen-bond acceptors (Lipinski definition) is 4. The molecule has 0 spiro atoms. The number of halogens is 2. The summed E-state index contributed by atoms with van der Waals surface area (Å²) in [6.45, 7) is 0. The molecule has 0 aromatic heterocycles. The number of rotatable bonds is 4. The molecular formula is C15H12I2N2O3. The summed E-state index contributed by atoms with van der Waals surface area (Å²) >= 11 is 4.08. The fourth-order valence-corrected chi connectivity index (χ4v) is 3.45. The maximum absolute atomic E-state index is 11.9. The van der Waals surface area contributed by atoms with Gasteiger partial charge in [0.05, 0.1) is 20.5 Å². The van der Waals surface area contributed by atoms with E-state index in [2.05, 4.69) is 10.5 Å². The molecule has 2 aromatic rings. The van der Waals surface area contributed by atoms with Gasteiger partial charge in [0.1, 0.15) is 11.5 Å². The number of aromatic hydroxyl groups is 1. The van der Waals surface area contributed by atoms with Crippen molar-refractivity contribution in [3.8, 4) is 11.5 Å². The number of carbonyl (C=O) groups is 1. The summed E-state index contributed by atoms with van der Waals surface area (Å²) in [5.41, 5.74) is 3.75. The monoisotopic (exact) mass is 522 g/mol. The molecule has 0 saturated heterocycles. The summed E-state index contributed by atoms with van der Waals surface area (Å²) in [5.74, 6) is 0.635. The normalized spacial score (nSPS) is 10.7. The van der Waals surface area contributed by atoms with Gasteiger partial charge in [-0.1, -0.05) is 0 Å². The molecule has 22 heavy (non-hydrogen) atoms. The molecule has 0 unspecified atom stereocenters. The van der Waals surface area contributed by atoms with Gasteiger partial charge in [-0.15, -0.1) is 0 Å². The largest absolute Gasteiger partial charge is 0.506 e. The Labute approximate surface area is 155 Å². The molecule has 0 radical (unpaired) electrons. The number of nitrogens with one attached hydrogen (secondary N) is 1. The number of amides is 1. The van der Waals surface area contributed by atoms with E-state index in [-0.39, 0.29) is 11.7 Å². The first-order chi connectivity index (χ1) is 10.5. The maximum Gasteiger partial charge on any atom is 0.271 e. The smallest absolute Gasteiger partial charge is 0.271 e. The van der Waals surface area contributed by atoms with Gasteiger partial charge in [-0.2, -0.15) is 5.10 Å². The molecule has 0 aliphatic heterocycles. The zero-order valence-electron chi connectivity index (χ0n) is 11.5. The van der Waals surface area contributed by atoms with Crippen LogP contribution < -0.4 is 10.2 Å². The van der Waals surface area contributed by atoms with Crippen molar-refractivity contribution in [2.75, 3.05) is 7.11 Å². The molecule has 0 aliphatic rings. The van der Waals surface area contributed by atoms with Crippen molar-refractivity contribution in [3.63, 3.8) is 0 Å². The number of hydrogen-bond donors (Lipinski definition) is 2. The van der Waals surface area contributed by atoms with Crippen LogP contribution in [0.4, 0.5) is 0 Å². The molecule has 0 saturated carbocycles. The van der Waals surface area contributed by atoms with E-state index < -0.39 is 0 Å². The van der Waals surface area contributed by atoms with Gasteiger partial charge < -0.3 is 9.84 Å². The number of phenolic OH excluding ortho intramolecular Hbond substituents is 1. The van der Waals surface area contributed by atoms with E-state index in [1.807, 2.05) is 45.2 Å². The predicted octanol–water partition coefficient (Wildman–Crippen LogP) is 3.37. The molecule has 0 bridgehead atoms. The van der Waals surface area contributed by atoms with Gasteiger partial charge in [0.2, 0.25) is 0 Å². The molecule has 1 amide bonds. The van der Waals surface area contributed by atoms with Crippen LogP contribution in [-0.4, -0.2) is 24.3 Å². The molecule has 2 N–H and O–H groups in total. The molecule has 7 heteroatoms. The summed E-state index contributed by atoms with van der Waals surface area (Å²) in [5, 5.41) is 13.6. The van der Waals surface area contributed by atoms with E-state index >= 15 is 0 Å². The lowest BCUT2D eigenvalue weighted by Gasteiger charge is -2.03. The molecule has 5 nitrogen and oxygen atoms in total. The Morgan fingerprint density at radius 1 is 1.23 bits per heavy atom. The van der Waals surface area contributed by atoms with Crippen molar-refractivity contribution in [1.29, 1.82) is 0 Å². The molecular weight excluding hydrogens is 510 g/mol. The molecule has 2 aromatic carbocycles. The quantitative estimate of drug-likeness (QED) is 0.368. The van der Waals surface area contributed by atoms with Crippen LogP contribution >= 0.6 is 45.2 Å². The lowest BCUT2D eigenvalue weighted by molar-refractivity contribution is 0.0955. The Bertz CT molecular complexity index is 692. The van der Waals surface area contributed by atoms with E-state index in [0.717, 1.165) is 12.7 Å². The summed E-state index contributed by atoms with van der Waals surface area (Å²) in [4.78, 5) is 11.9. The molecule has 0 atom stereocenters. The van der Waals surface area contributed by atoms with Crippen LogP contribution in [0.25, 0.3) is 0 Å². The predicted molar refractivity (Wildman–Crippen MR) is 102 cm³/mol. The number of benzene rings is 2. The van der Waals surface area contributed by atoms with Gasteiger partial charge in [-0.05, 0) is 87.1 Å². The first kappa shape index (κ1) is 17.0. The standard InChI is InChI=1S/C15H12I2N2O3/c1-22-11-4-2-10(3-5-11)15(21)19-18-8-9-6-12(16)14(20)13(17)7-9/h2-8,20H,1H3,(H,19,21)/b18-8-. The van der Waals surface area contributed by atoms with Crippen molar-refractivity contribution in [2.24, 2.45) is 5.10 Å². The highest BCUT2D eigenvalue weighted by Gasteiger charge is 2.06. The molecule has 0 heterocycles. The Morgan fingerprint density at radius 2 is 1.82 bits per heavy atom. The van der Waals surface area contributed by atoms with Crippen LogP contribution in [0.3, 0.4) is 0 Å². The molecule has 0 aliphatic carbocycles. The summed E-state index contributed by atoms with van der Waals surface area (Å²) in [7, 11) is 1.57. The lowest BCUT2D eigenvalue weighted by atomic mass is 10.2. The Kier molecular flexibility index (Phi) is 6.00. The summed E-state index contributed by atoms with van der Waals surface area (Å²) in [6, 6.07) is 10.3. The summed E-state index contributed by atoms with van der Waals surface area (Å²) in [6.07, 6.45) is 1.53. The second kappa shape index (κ2) is 7.77. The summed E-state index contributed by atoms with van der Waals surface area (Å²) < 4.78 is 6.49. The Balaban J connectivity index is 2.03. The molecule has 2 rings (SSSR count). The van der Waals surface area contributed by atoms with Gasteiger partial charge >= 0.3 is 0 Å². The fourth-order valence-electron chi connectivity index (χ4n) is 1.63. The topological polar surface area (TPSA) is 70.9 Å². The van der Waals surface area contributed by atoms with Gasteiger partial charge in [-0.3, -0.25) is 4.79 Å². The number of methoxy groups -OCH3 is 1. The van der Waals surface area contributed by atoms with Crippen molar-refractivity contribution < 1.29 is 14.6 Å². The average molecular weight is 522 g/mol. The van der Waals surface area contributed by atoms with Crippen LogP contribution in [-0.2, 0) is 0 Å². The average Bonchev–Trinajstić information content (AvgIpc) is 2.52. The number of ether oxygens (including phenoxy) is 1. The van der Waals surface area contributed by atoms with Crippen LogP contribution in [0.1, 0.15) is 15.9 Å². The Hall–Kier alpha value is -1.36. The van der Waals surface area contributed by atoms with Crippen LogP contribution in [0.5, 0.6) is 11.5 Å². The SMILES string of the molecule is COc1ccc(C(=O)N/N=C\c2cc(I)c(O)c(I)c2)cc1.